The van der Waals surface area contributed by atoms with Gasteiger partial charge in [0.05, 0.1) is 11.1 Å². The summed E-state index contributed by atoms with van der Waals surface area (Å²) >= 11 is 1.43. The zero-order chi connectivity index (χ0) is 22.5. The van der Waals surface area contributed by atoms with Crippen LogP contribution in [0, 0.1) is 5.92 Å². The first-order chi connectivity index (χ1) is 15.5. The largest absolute Gasteiger partial charge is 0.297 e. The second-order valence-corrected chi connectivity index (χ2v) is 9.57. The van der Waals surface area contributed by atoms with Crippen LogP contribution in [-0.4, -0.2) is 38.7 Å². The molecule has 1 aliphatic rings. The molecule has 1 amide bonds. The van der Waals surface area contributed by atoms with Crippen molar-refractivity contribution in [1.29, 1.82) is 0 Å². The van der Waals surface area contributed by atoms with E-state index in [1.807, 2.05) is 17.5 Å². The molecule has 3 heterocycles. The fourth-order valence-electron chi connectivity index (χ4n) is 4.32. The monoisotopic (exact) mass is 453 g/mol. The number of anilines is 1. The zero-order valence-corrected chi connectivity index (χ0v) is 19.7. The third kappa shape index (κ3) is 5.24. The number of fused-ring (bicyclic) bond motifs is 1. The van der Waals surface area contributed by atoms with Crippen LogP contribution in [0.15, 0.2) is 34.4 Å². The van der Waals surface area contributed by atoms with Crippen molar-refractivity contribution >= 4 is 33.1 Å². The quantitative estimate of drug-likeness (QED) is 0.507. The lowest BCUT2D eigenvalue weighted by Gasteiger charge is -2.30. The Bertz CT molecular complexity index is 1140. The van der Waals surface area contributed by atoms with Crippen molar-refractivity contribution < 1.29 is 4.79 Å². The van der Waals surface area contributed by atoms with E-state index in [-0.39, 0.29) is 17.2 Å². The fraction of sp³-hybridized carbons (Fsp3) is 0.500. The molecule has 1 N–H and O–H groups in total. The summed E-state index contributed by atoms with van der Waals surface area (Å²) in [7, 11) is 0. The van der Waals surface area contributed by atoms with Crippen LogP contribution in [0.2, 0.25) is 0 Å². The summed E-state index contributed by atoms with van der Waals surface area (Å²) < 4.78 is 1.43. The second-order valence-electron chi connectivity index (χ2n) is 8.71. The molecular formula is C24H31N5O2S. The van der Waals surface area contributed by atoms with Gasteiger partial charge in [-0.15, -0.1) is 11.3 Å². The molecule has 1 unspecified atom stereocenters. The highest BCUT2D eigenvalue weighted by molar-refractivity contribution is 7.14. The Balaban J connectivity index is 1.53. The Kier molecular flexibility index (Phi) is 7.32. The Labute approximate surface area is 192 Å². The molecule has 1 aromatic carbocycles. The number of unbranched alkanes of at least 4 members (excludes halogenated alkanes) is 2. The van der Waals surface area contributed by atoms with E-state index in [1.54, 1.807) is 12.1 Å². The van der Waals surface area contributed by atoms with Gasteiger partial charge in [0.2, 0.25) is 0 Å². The molecule has 32 heavy (non-hydrogen) atoms. The number of aromatic nitrogens is 3. The molecule has 1 aliphatic heterocycles. The van der Waals surface area contributed by atoms with Crippen LogP contribution in [-0.2, 0) is 13.1 Å². The third-order valence-corrected chi connectivity index (χ3v) is 6.76. The summed E-state index contributed by atoms with van der Waals surface area (Å²) in [6, 6.07) is 7.17. The number of benzene rings is 1. The van der Waals surface area contributed by atoms with Crippen LogP contribution < -0.4 is 10.9 Å². The molecule has 1 fully saturated rings. The minimum absolute atomic E-state index is 0.152. The van der Waals surface area contributed by atoms with E-state index in [2.05, 4.69) is 34.1 Å². The number of hydrogen-bond acceptors (Lipinski definition) is 6. The Morgan fingerprint density at radius 1 is 1.25 bits per heavy atom. The first-order valence-electron chi connectivity index (χ1n) is 11.5. The number of carbonyl (C=O) groups excluding carboxylic acids is 1. The molecule has 0 aliphatic carbocycles. The van der Waals surface area contributed by atoms with Gasteiger partial charge in [-0.25, -0.2) is 9.67 Å². The number of aryl methyl sites for hydroxylation is 1. The Morgan fingerprint density at radius 3 is 2.84 bits per heavy atom. The molecule has 8 heteroatoms. The molecule has 3 aromatic rings. The minimum atomic E-state index is -0.335. The normalized spacial score (nSPS) is 17.0. The van der Waals surface area contributed by atoms with E-state index in [0.29, 0.717) is 28.4 Å². The van der Waals surface area contributed by atoms with E-state index in [1.165, 1.54) is 28.9 Å². The van der Waals surface area contributed by atoms with Crippen LogP contribution in [0.1, 0.15) is 62.1 Å². The summed E-state index contributed by atoms with van der Waals surface area (Å²) in [4.78, 5) is 33.0. The first kappa shape index (κ1) is 22.6. The number of nitrogens with one attached hydrogen (secondary N) is 1. The second kappa shape index (κ2) is 10.4. The molecule has 0 radical (unpaired) electrons. The lowest BCUT2D eigenvalue weighted by Crippen LogP contribution is -2.33. The van der Waals surface area contributed by atoms with Crippen molar-refractivity contribution in [3.05, 3.63) is 51.4 Å². The molecule has 1 saturated heterocycles. The van der Waals surface area contributed by atoms with Crippen molar-refractivity contribution in [2.45, 2.75) is 59.0 Å². The zero-order valence-electron chi connectivity index (χ0n) is 18.8. The molecule has 0 bridgehead atoms. The number of piperidine rings is 1. The molecule has 7 nitrogen and oxygen atoms in total. The van der Waals surface area contributed by atoms with Gasteiger partial charge in [0, 0.05) is 30.4 Å². The number of carbonyl (C=O) groups is 1. The predicted molar refractivity (Wildman–Crippen MR) is 129 cm³/mol. The lowest BCUT2D eigenvalue weighted by atomic mass is 10.0. The average molecular weight is 454 g/mol. The number of hydrogen-bond donors (Lipinski definition) is 1. The molecule has 4 rings (SSSR count). The minimum Gasteiger partial charge on any atom is -0.297 e. The van der Waals surface area contributed by atoms with Crippen LogP contribution in [0.3, 0.4) is 0 Å². The average Bonchev–Trinajstić information content (AvgIpc) is 3.22. The summed E-state index contributed by atoms with van der Waals surface area (Å²) in [6.45, 7) is 7.91. The van der Waals surface area contributed by atoms with Crippen LogP contribution in [0.4, 0.5) is 5.13 Å². The summed E-state index contributed by atoms with van der Waals surface area (Å²) in [5.74, 6) is 0.381. The number of thiazole rings is 1. The van der Waals surface area contributed by atoms with Gasteiger partial charge in [-0.2, -0.15) is 5.10 Å². The maximum Gasteiger partial charge on any atom is 0.278 e. The highest BCUT2D eigenvalue weighted by Crippen LogP contribution is 2.22. The fourth-order valence-corrected chi connectivity index (χ4v) is 5.02. The topological polar surface area (TPSA) is 80.1 Å². The molecule has 0 saturated carbocycles. The van der Waals surface area contributed by atoms with Gasteiger partial charge in [-0.05, 0) is 37.8 Å². The molecule has 2 aromatic heterocycles. The standard InChI is InChI=1S/C24H31N5O2S/c1-3-4-7-13-29-23(31)20-11-6-5-10-19(20)21(27-29)22(30)26-24-25-18(16-32-24)15-28-12-8-9-17(2)14-28/h5-6,10-11,16-17H,3-4,7-9,12-15H2,1-2H3,(H,25,26,30). The third-order valence-electron chi connectivity index (χ3n) is 5.96. The first-order valence-corrected chi connectivity index (χ1v) is 12.4. The van der Waals surface area contributed by atoms with Crippen molar-refractivity contribution in [1.82, 2.24) is 19.7 Å². The van der Waals surface area contributed by atoms with E-state index in [9.17, 15) is 9.59 Å². The summed E-state index contributed by atoms with van der Waals surface area (Å²) in [6.07, 6.45) is 5.43. The lowest BCUT2D eigenvalue weighted by molar-refractivity contribution is 0.102. The number of likely N-dealkylation sites (tertiary alicyclic amines) is 1. The van der Waals surface area contributed by atoms with Crippen molar-refractivity contribution in [3.8, 4) is 0 Å². The van der Waals surface area contributed by atoms with Gasteiger partial charge < -0.3 is 0 Å². The Morgan fingerprint density at radius 2 is 2.06 bits per heavy atom. The van der Waals surface area contributed by atoms with Gasteiger partial charge in [0.15, 0.2) is 10.8 Å². The molecule has 1 atom stereocenters. The number of nitrogens with zero attached hydrogens (tertiary/aromatic N) is 4. The van der Waals surface area contributed by atoms with Crippen LogP contribution in [0.25, 0.3) is 10.8 Å². The van der Waals surface area contributed by atoms with E-state index >= 15 is 0 Å². The molecular weight excluding hydrogens is 422 g/mol. The van der Waals surface area contributed by atoms with Crippen LogP contribution in [0.5, 0.6) is 0 Å². The molecule has 0 spiro atoms. The predicted octanol–water partition coefficient (Wildman–Crippen LogP) is 4.53. The van der Waals surface area contributed by atoms with Gasteiger partial charge in [0.25, 0.3) is 11.5 Å². The summed E-state index contributed by atoms with van der Waals surface area (Å²) in [5, 5.41) is 11.0. The van der Waals surface area contributed by atoms with Gasteiger partial charge >= 0.3 is 0 Å². The summed E-state index contributed by atoms with van der Waals surface area (Å²) in [5.41, 5.74) is 1.08. The van der Waals surface area contributed by atoms with Crippen LogP contribution >= 0.6 is 11.3 Å². The van der Waals surface area contributed by atoms with Gasteiger partial charge in [-0.3, -0.25) is 19.8 Å². The van der Waals surface area contributed by atoms with Gasteiger partial charge in [0.1, 0.15) is 0 Å². The molecule has 170 valence electrons. The van der Waals surface area contributed by atoms with E-state index in [4.69, 9.17) is 0 Å². The Hall–Kier alpha value is -2.58. The maximum absolute atomic E-state index is 13.1. The maximum atomic E-state index is 13.1. The van der Waals surface area contributed by atoms with Crippen molar-refractivity contribution in [3.63, 3.8) is 0 Å². The van der Waals surface area contributed by atoms with Gasteiger partial charge in [-0.1, -0.05) is 44.9 Å². The SMILES string of the molecule is CCCCCn1nc(C(=O)Nc2nc(CN3CCCC(C)C3)cs2)c2ccccc2c1=O. The van der Waals surface area contributed by atoms with Crippen molar-refractivity contribution in [2.75, 3.05) is 18.4 Å². The van der Waals surface area contributed by atoms with Crippen molar-refractivity contribution in [2.24, 2.45) is 5.92 Å². The number of rotatable bonds is 8. The van der Waals surface area contributed by atoms with E-state index in [0.717, 1.165) is 44.6 Å². The smallest absolute Gasteiger partial charge is 0.278 e. The highest BCUT2D eigenvalue weighted by atomic mass is 32.1. The highest BCUT2D eigenvalue weighted by Gasteiger charge is 2.20. The number of amides is 1. The van der Waals surface area contributed by atoms with E-state index < -0.39 is 0 Å².